The van der Waals surface area contributed by atoms with E-state index in [0.29, 0.717) is 5.75 Å². The van der Waals surface area contributed by atoms with Gasteiger partial charge in [0.2, 0.25) is 0 Å². The van der Waals surface area contributed by atoms with E-state index < -0.39 is 19.5 Å². The minimum absolute atomic E-state index is 0.196. The first-order valence-electron chi connectivity index (χ1n) is 6.22. The summed E-state index contributed by atoms with van der Waals surface area (Å²) in [5.41, 5.74) is 1.36. The SMILES string of the molecule is C[S+](Cc1ccccc1)c1ccc(O)cc1.[F][Sb-]([F])([F])([F])([F])[F]. The van der Waals surface area contributed by atoms with Crippen molar-refractivity contribution in [3.8, 4) is 5.75 Å². The van der Waals surface area contributed by atoms with Crippen molar-refractivity contribution in [1.82, 2.24) is 0 Å². The summed E-state index contributed by atoms with van der Waals surface area (Å²) >= 11 is -11.2. The fourth-order valence-corrected chi connectivity index (χ4v) is 3.05. The van der Waals surface area contributed by atoms with Crippen LogP contribution >= 0.6 is 0 Å². The molecule has 0 heterocycles. The number of hydrogen-bond donors (Lipinski definition) is 1. The van der Waals surface area contributed by atoms with Gasteiger partial charge in [-0.2, -0.15) is 0 Å². The topological polar surface area (TPSA) is 20.2 Å². The van der Waals surface area contributed by atoms with Crippen LogP contribution in [0, 0.1) is 0 Å². The number of halogens is 6. The van der Waals surface area contributed by atoms with Gasteiger partial charge in [0, 0.05) is 16.5 Å². The zero-order valence-corrected chi connectivity index (χ0v) is 15.3. The van der Waals surface area contributed by atoms with Crippen LogP contribution in [0.2, 0.25) is 0 Å². The predicted molar refractivity (Wildman–Crippen MR) is 82.2 cm³/mol. The van der Waals surface area contributed by atoms with Crippen LogP contribution in [0.5, 0.6) is 5.75 Å². The molecule has 0 aliphatic carbocycles. The van der Waals surface area contributed by atoms with E-state index in [1.165, 1.54) is 10.5 Å². The van der Waals surface area contributed by atoms with Crippen LogP contribution in [-0.2, 0) is 16.6 Å². The van der Waals surface area contributed by atoms with Gasteiger partial charge in [0.1, 0.15) is 17.8 Å². The first-order valence-corrected chi connectivity index (χ1v) is 13.8. The summed E-state index contributed by atoms with van der Waals surface area (Å²) in [6.45, 7) is 0. The van der Waals surface area contributed by atoms with Crippen molar-refractivity contribution in [3.05, 3.63) is 60.2 Å². The summed E-state index contributed by atoms with van der Waals surface area (Å²) in [6, 6.07) is 18.0. The summed E-state index contributed by atoms with van der Waals surface area (Å²) in [7, 11) is 0.196. The van der Waals surface area contributed by atoms with E-state index in [1.807, 2.05) is 18.2 Å². The van der Waals surface area contributed by atoms with Crippen molar-refractivity contribution in [2.75, 3.05) is 6.26 Å². The van der Waals surface area contributed by atoms with Crippen LogP contribution in [0.15, 0.2) is 59.5 Å². The summed E-state index contributed by atoms with van der Waals surface area (Å²) in [6.07, 6.45) is 2.24. The molecule has 0 spiro atoms. The molecule has 0 aliphatic rings. The predicted octanol–water partition coefficient (Wildman–Crippen LogP) is 5.34. The standard InChI is InChI=1S/C14H14OS.6FH.Sb/c1-16(11-12-5-3-2-4-6-12)14-9-7-13(15)8-10-14;;;;;;;/h2-10H,11H2,1H3;6*1H;/q;;;;;;;+5/p-5. The van der Waals surface area contributed by atoms with Crippen LogP contribution in [-0.4, -0.2) is 30.8 Å². The second-order valence-electron chi connectivity index (χ2n) is 4.72. The zero-order chi connectivity index (χ0) is 17.8. The number of phenols is 1. The Kier molecular flexibility index (Phi) is 5.64. The first-order chi connectivity index (χ1) is 10.2. The van der Waals surface area contributed by atoms with Crippen LogP contribution < -0.4 is 0 Å². The molecule has 1 unspecified atom stereocenters. The van der Waals surface area contributed by atoms with Gasteiger partial charge < -0.3 is 5.11 Å². The van der Waals surface area contributed by atoms with Crippen LogP contribution in [0.1, 0.15) is 5.56 Å². The van der Waals surface area contributed by atoms with Crippen molar-refractivity contribution in [2.24, 2.45) is 0 Å². The van der Waals surface area contributed by atoms with Gasteiger partial charge in [-0.05, 0) is 24.3 Å². The molecule has 9 heteroatoms. The minimum atomic E-state index is -11.2. The average Bonchev–Trinajstić information content (AvgIpc) is 2.37. The van der Waals surface area contributed by atoms with Gasteiger partial charge in [-0.3, -0.25) is 0 Å². The van der Waals surface area contributed by atoms with E-state index in [-0.39, 0.29) is 10.9 Å². The van der Waals surface area contributed by atoms with Crippen LogP contribution in [0.4, 0.5) is 16.9 Å². The van der Waals surface area contributed by atoms with Gasteiger partial charge in [-0.1, -0.05) is 30.3 Å². The maximum atomic E-state index is 9.93. The number of benzene rings is 2. The molecule has 2 aromatic rings. The van der Waals surface area contributed by atoms with Gasteiger partial charge >= 0.3 is 36.4 Å². The van der Waals surface area contributed by atoms with E-state index in [4.69, 9.17) is 0 Å². The summed E-state index contributed by atoms with van der Waals surface area (Å²) in [5.74, 6) is 1.39. The Balaban J connectivity index is 0.000000322. The normalized spacial score (nSPS) is 15.6. The molecular weight excluding hydrogens is 452 g/mol. The fourth-order valence-electron chi connectivity index (χ4n) is 1.59. The summed E-state index contributed by atoms with van der Waals surface area (Å²) in [4.78, 5) is 1.29. The second-order valence-corrected chi connectivity index (χ2v) is 12.2. The molecule has 0 bridgehead atoms. The molecular formula is C14H15F6OSSb. The van der Waals surface area contributed by atoms with Crippen molar-refractivity contribution in [1.29, 1.82) is 0 Å². The average molecular weight is 467 g/mol. The van der Waals surface area contributed by atoms with Gasteiger partial charge in [-0.15, -0.1) is 0 Å². The fraction of sp³-hybridized carbons (Fsp3) is 0.143. The molecule has 0 fully saturated rings. The summed E-state index contributed by atoms with van der Waals surface area (Å²) in [5, 5.41) is 9.23. The van der Waals surface area contributed by atoms with Gasteiger partial charge in [0.05, 0.1) is 0 Å². The molecule has 2 aromatic carbocycles. The Labute approximate surface area is 135 Å². The molecule has 130 valence electrons. The van der Waals surface area contributed by atoms with E-state index in [0.717, 1.165) is 5.75 Å². The molecule has 0 aliphatic heterocycles. The Bertz CT molecular complexity index is 616. The zero-order valence-electron chi connectivity index (χ0n) is 12.0. The number of aromatic hydroxyl groups is 1. The van der Waals surface area contributed by atoms with E-state index in [2.05, 4.69) is 30.5 Å². The third-order valence-corrected chi connectivity index (χ3v) is 4.31. The Morgan fingerprint density at radius 3 is 1.70 bits per heavy atom. The third kappa shape index (κ3) is 12.1. The van der Waals surface area contributed by atoms with Crippen molar-refractivity contribution >= 4 is 30.4 Å². The van der Waals surface area contributed by atoms with E-state index in [1.54, 1.807) is 12.1 Å². The maximum absolute atomic E-state index is 11.2. The first kappa shape index (κ1) is 20.0. The second kappa shape index (κ2) is 6.47. The Morgan fingerprint density at radius 1 is 0.826 bits per heavy atom. The van der Waals surface area contributed by atoms with Crippen molar-refractivity contribution in [3.63, 3.8) is 0 Å². The third-order valence-electron chi connectivity index (χ3n) is 2.47. The summed E-state index contributed by atoms with van der Waals surface area (Å²) < 4.78 is 59.6. The number of rotatable bonds is 3. The molecule has 1 atom stereocenters. The number of hydrogen-bond acceptors (Lipinski definition) is 1. The molecule has 0 radical (unpaired) electrons. The van der Waals surface area contributed by atoms with E-state index >= 15 is 0 Å². The molecule has 0 aromatic heterocycles. The van der Waals surface area contributed by atoms with Crippen LogP contribution in [0.3, 0.4) is 0 Å². The van der Waals surface area contributed by atoms with Crippen LogP contribution in [0.25, 0.3) is 0 Å². The molecule has 1 nitrogen and oxygen atoms in total. The van der Waals surface area contributed by atoms with Gasteiger partial charge in [0.25, 0.3) is 0 Å². The number of phenolic OH excluding ortho intramolecular Hbond substituents is 1. The molecule has 1 N–H and O–H groups in total. The van der Waals surface area contributed by atoms with Crippen molar-refractivity contribution < 1.29 is 22.0 Å². The quantitative estimate of drug-likeness (QED) is 0.367. The molecule has 0 amide bonds. The van der Waals surface area contributed by atoms with Gasteiger partial charge in [0.15, 0.2) is 4.90 Å². The Hall–Kier alpha value is -1.01. The molecule has 0 saturated carbocycles. The van der Waals surface area contributed by atoms with Gasteiger partial charge in [-0.25, -0.2) is 0 Å². The monoisotopic (exact) mass is 466 g/mol. The van der Waals surface area contributed by atoms with E-state index in [9.17, 15) is 22.0 Å². The van der Waals surface area contributed by atoms with Crippen molar-refractivity contribution in [2.45, 2.75) is 10.6 Å². The molecule has 23 heavy (non-hydrogen) atoms. The Morgan fingerprint density at radius 2 is 1.26 bits per heavy atom. The molecule has 0 saturated heterocycles. The molecule has 2 rings (SSSR count).